The van der Waals surface area contributed by atoms with Gasteiger partial charge in [0.2, 0.25) is 0 Å². The van der Waals surface area contributed by atoms with Gasteiger partial charge in [-0.2, -0.15) is 5.26 Å². The van der Waals surface area contributed by atoms with E-state index in [2.05, 4.69) is 5.32 Å². The molecule has 0 amide bonds. The summed E-state index contributed by atoms with van der Waals surface area (Å²) in [5, 5.41) is 20.2. The first-order valence-electron chi connectivity index (χ1n) is 4.01. The van der Waals surface area contributed by atoms with E-state index in [1.165, 1.54) is 7.05 Å². The Bertz CT molecular complexity index is 580. The van der Waals surface area contributed by atoms with Gasteiger partial charge in [-0.25, -0.2) is 13.2 Å². The summed E-state index contributed by atoms with van der Waals surface area (Å²) in [7, 11) is -2.17. The molecule has 6 nitrogen and oxygen atoms in total. The van der Waals surface area contributed by atoms with Gasteiger partial charge in [-0.3, -0.25) is 0 Å². The molecule has 2 N–H and O–H groups in total. The van der Waals surface area contributed by atoms with Gasteiger partial charge in [-0.15, -0.1) is 11.3 Å². The number of carboxylic acid groups (broad SMARTS) is 1. The van der Waals surface area contributed by atoms with Crippen molar-refractivity contribution in [1.29, 1.82) is 5.26 Å². The zero-order valence-corrected chi connectivity index (χ0v) is 10.1. The first kappa shape index (κ1) is 12.5. The van der Waals surface area contributed by atoms with Crippen molar-refractivity contribution in [2.45, 2.75) is 4.21 Å². The number of thiophene rings is 1. The zero-order valence-electron chi connectivity index (χ0n) is 8.44. The van der Waals surface area contributed by atoms with Gasteiger partial charge in [-0.1, -0.05) is 0 Å². The van der Waals surface area contributed by atoms with Crippen molar-refractivity contribution in [3.8, 4) is 6.07 Å². The van der Waals surface area contributed by atoms with Gasteiger partial charge in [-0.05, 0) is 0 Å². The Morgan fingerprint density at radius 2 is 2.12 bits per heavy atom. The van der Waals surface area contributed by atoms with Crippen molar-refractivity contribution in [2.75, 3.05) is 18.6 Å². The summed E-state index contributed by atoms with van der Waals surface area (Å²) in [6, 6.07) is 1.70. The van der Waals surface area contributed by atoms with Gasteiger partial charge < -0.3 is 10.4 Å². The van der Waals surface area contributed by atoms with E-state index < -0.39 is 15.8 Å². The molecule has 0 bridgehead atoms. The maximum absolute atomic E-state index is 11.4. The van der Waals surface area contributed by atoms with Gasteiger partial charge in [0.05, 0.1) is 5.69 Å². The van der Waals surface area contributed by atoms with Crippen LogP contribution < -0.4 is 5.32 Å². The molecule has 0 aliphatic rings. The van der Waals surface area contributed by atoms with E-state index in [4.69, 9.17) is 10.4 Å². The van der Waals surface area contributed by atoms with Gasteiger partial charge in [0, 0.05) is 13.3 Å². The number of hydrogen-bond donors (Lipinski definition) is 2. The molecule has 1 aromatic heterocycles. The molecule has 1 aromatic rings. The maximum atomic E-state index is 11.4. The quantitative estimate of drug-likeness (QED) is 0.830. The SMILES string of the molecule is CNc1c(C(=O)O)sc(S(C)(=O)=O)c1C#N. The summed E-state index contributed by atoms with van der Waals surface area (Å²) < 4.78 is 22.5. The molecule has 1 rings (SSSR count). The second-order valence-electron chi connectivity index (χ2n) is 2.91. The van der Waals surface area contributed by atoms with E-state index in [0.717, 1.165) is 6.26 Å². The minimum Gasteiger partial charge on any atom is -0.477 e. The molecule has 0 aromatic carbocycles. The van der Waals surface area contributed by atoms with Crippen LogP contribution in [0.15, 0.2) is 4.21 Å². The summed E-state index contributed by atoms with van der Waals surface area (Å²) in [5.41, 5.74) is -0.104. The monoisotopic (exact) mass is 260 g/mol. The van der Waals surface area contributed by atoms with E-state index in [-0.39, 0.29) is 20.3 Å². The zero-order chi connectivity index (χ0) is 12.5. The fourth-order valence-electron chi connectivity index (χ4n) is 1.16. The Balaban J connectivity index is 3.68. The molecular weight excluding hydrogens is 252 g/mol. The molecule has 0 saturated heterocycles. The van der Waals surface area contributed by atoms with Crippen LogP contribution in [0.4, 0.5) is 5.69 Å². The summed E-state index contributed by atoms with van der Waals surface area (Å²) >= 11 is 0.578. The third-order valence-electron chi connectivity index (χ3n) is 1.77. The maximum Gasteiger partial charge on any atom is 0.348 e. The molecule has 0 atom stereocenters. The Kier molecular flexibility index (Phi) is 3.21. The Morgan fingerprint density at radius 1 is 1.56 bits per heavy atom. The van der Waals surface area contributed by atoms with Gasteiger partial charge in [0.1, 0.15) is 20.7 Å². The average Bonchev–Trinajstić information content (AvgIpc) is 2.54. The average molecular weight is 260 g/mol. The van der Waals surface area contributed by atoms with Crippen LogP contribution in [0, 0.1) is 11.3 Å². The number of rotatable bonds is 3. The Morgan fingerprint density at radius 3 is 2.44 bits per heavy atom. The molecule has 0 aliphatic heterocycles. The highest BCUT2D eigenvalue weighted by molar-refractivity contribution is 7.92. The molecule has 0 spiro atoms. The second kappa shape index (κ2) is 4.11. The number of nitrogens with zero attached hydrogens (tertiary/aromatic N) is 1. The standard InChI is InChI=1S/C8H8N2O4S2/c1-10-5-4(3-9)8(16(2,13)14)15-6(5)7(11)12/h10H,1-2H3,(H,11,12). The van der Waals surface area contributed by atoms with E-state index in [0.29, 0.717) is 11.3 Å². The second-order valence-corrected chi connectivity index (χ2v) is 6.14. The Labute approximate surface area is 96.1 Å². The lowest BCUT2D eigenvalue weighted by molar-refractivity contribution is 0.0703. The lowest BCUT2D eigenvalue weighted by atomic mass is 10.2. The highest BCUT2D eigenvalue weighted by Crippen LogP contribution is 2.35. The number of nitriles is 1. The van der Waals surface area contributed by atoms with Crippen LogP contribution in [0.2, 0.25) is 0 Å². The summed E-state index contributed by atoms with van der Waals surface area (Å²) in [5.74, 6) is -1.26. The van der Waals surface area contributed by atoms with Crippen molar-refractivity contribution in [3.05, 3.63) is 10.4 Å². The van der Waals surface area contributed by atoms with Crippen molar-refractivity contribution in [2.24, 2.45) is 0 Å². The number of carboxylic acids is 1. The number of anilines is 1. The summed E-state index contributed by atoms with van der Waals surface area (Å²) in [6.07, 6.45) is 0.935. The predicted molar refractivity (Wildman–Crippen MR) is 58.6 cm³/mol. The first-order chi connectivity index (χ1) is 7.32. The molecule has 16 heavy (non-hydrogen) atoms. The van der Waals surface area contributed by atoms with Gasteiger partial charge in [0.25, 0.3) is 0 Å². The third kappa shape index (κ3) is 2.00. The summed E-state index contributed by atoms with van der Waals surface area (Å²) in [6.45, 7) is 0. The van der Waals surface area contributed by atoms with Crippen molar-refractivity contribution in [1.82, 2.24) is 0 Å². The molecule has 0 radical (unpaired) electrons. The summed E-state index contributed by atoms with van der Waals surface area (Å²) in [4.78, 5) is 10.7. The fraction of sp³-hybridized carbons (Fsp3) is 0.250. The predicted octanol–water partition coefficient (Wildman–Crippen LogP) is 0.763. The van der Waals surface area contributed by atoms with Crippen molar-refractivity contribution < 1.29 is 18.3 Å². The molecule has 0 unspecified atom stereocenters. The first-order valence-corrected chi connectivity index (χ1v) is 6.71. The van der Waals surface area contributed by atoms with E-state index in [9.17, 15) is 13.2 Å². The molecule has 86 valence electrons. The molecular formula is C8H8N2O4S2. The number of aromatic carboxylic acids is 1. The van der Waals surface area contributed by atoms with Crippen LogP contribution in [0.3, 0.4) is 0 Å². The highest BCUT2D eigenvalue weighted by atomic mass is 32.2. The van der Waals surface area contributed by atoms with E-state index >= 15 is 0 Å². The van der Waals surface area contributed by atoms with Gasteiger partial charge in [0.15, 0.2) is 9.84 Å². The third-order valence-corrected chi connectivity index (χ3v) is 4.78. The number of hydrogen-bond acceptors (Lipinski definition) is 6. The van der Waals surface area contributed by atoms with Crippen LogP contribution in [-0.2, 0) is 9.84 Å². The number of nitrogens with one attached hydrogen (secondary N) is 1. The fourth-order valence-corrected chi connectivity index (χ4v) is 3.36. The van der Waals surface area contributed by atoms with E-state index in [1.54, 1.807) is 6.07 Å². The topological polar surface area (TPSA) is 107 Å². The smallest absolute Gasteiger partial charge is 0.348 e. The van der Waals surface area contributed by atoms with Crippen LogP contribution in [0.5, 0.6) is 0 Å². The lowest BCUT2D eigenvalue weighted by Gasteiger charge is -1.98. The normalized spacial score (nSPS) is 10.8. The van der Waals surface area contributed by atoms with Gasteiger partial charge >= 0.3 is 5.97 Å². The molecule has 0 saturated carbocycles. The van der Waals surface area contributed by atoms with Crippen LogP contribution >= 0.6 is 11.3 Å². The number of sulfone groups is 1. The molecule has 0 fully saturated rings. The largest absolute Gasteiger partial charge is 0.477 e. The highest BCUT2D eigenvalue weighted by Gasteiger charge is 2.26. The van der Waals surface area contributed by atoms with E-state index in [1.807, 2.05) is 0 Å². The number of carbonyl (C=O) groups is 1. The van der Waals surface area contributed by atoms with Crippen LogP contribution in [-0.4, -0.2) is 32.8 Å². The molecule has 8 heteroatoms. The van der Waals surface area contributed by atoms with Crippen LogP contribution in [0.1, 0.15) is 15.2 Å². The van der Waals surface area contributed by atoms with Crippen molar-refractivity contribution in [3.63, 3.8) is 0 Å². The minimum absolute atomic E-state index is 0.0421. The van der Waals surface area contributed by atoms with Crippen molar-refractivity contribution >= 4 is 32.8 Å². The van der Waals surface area contributed by atoms with Crippen LogP contribution in [0.25, 0.3) is 0 Å². The molecule has 0 aliphatic carbocycles. The minimum atomic E-state index is -3.60. The lowest BCUT2D eigenvalue weighted by Crippen LogP contribution is -2.00. The molecule has 1 heterocycles. The Hall–Kier alpha value is -1.59.